The molecule has 4 aliphatic rings. The number of nitrogens with one attached hydrogen (secondary N) is 3. The zero-order valence-corrected chi connectivity index (χ0v) is 18.0. The largest absolute Gasteiger partial charge is 0.447 e. The molecule has 5 rings (SSSR count). The highest BCUT2D eigenvalue weighted by molar-refractivity contribution is 5.89. The number of nitrogens with zero attached hydrogens (tertiary/aromatic N) is 1. The normalized spacial score (nSPS) is 35.1. The maximum atomic E-state index is 14.3. The molecule has 7 nitrogen and oxygen atoms in total. The summed E-state index contributed by atoms with van der Waals surface area (Å²) in [5, 5.41) is 8.62. The van der Waals surface area contributed by atoms with Crippen molar-refractivity contribution in [2.24, 2.45) is 29.1 Å². The smallest absolute Gasteiger partial charge is 0.290 e. The molecule has 176 valence electrons. The number of halogens is 3. The van der Waals surface area contributed by atoms with Gasteiger partial charge in [-0.15, -0.1) is 0 Å². The van der Waals surface area contributed by atoms with Gasteiger partial charge in [0, 0.05) is 13.5 Å². The van der Waals surface area contributed by atoms with E-state index in [1.807, 2.05) is 0 Å². The maximum Gasteiger partial charge on any atom is 0.290 e. The molecule has 2 amide bonds. The van der Waals surface area contributed by atoms with Gasteiger partial charge in [-0.25, -0.2) is 9.37 Å². The van der Waals surface area contributed by atoms with Crippen LogP contribution >= 0.6 is 0 Å². The van der Waals surface area contributed by atoms with Crippen molar-refractivity contribution in [3.63, 3.8) is 0 Å². The van der Waals surface area contributed by atoms with Gasteiger partial charge in [0.05, 0.1) is 24.4 Å². The second kappa shape index (κ2) is 7.74. The number of alkyl halides is 3. The molecule has 2 bridgehead atoms. The predicted octanol–water partition coefficient (Wildman–Crippen LogP) is 2.27. The van der Waals surface area contributed by atoms with Gasteiger partial charge in [-0.3, -0.25) is 9.59 Å². The Bertz CT molecular complexity index is 897. The molecule has 6 atom stereocenters. The summed E-state index contributed by atoms with van der Waals surface area (Å²) < 4.78 is 46.1. The summed E-state index contributed by atoms with van der Waals surface area (Å²) in [7, 11) is 0. The van der Waals surface area contributed by atoms with E-state index in [2.05, 4.69) is 20.9 Å². The summed E-state index contributed by atoms with van der Waals surface area (Å²) in [4.78, 5) is 30.2. The average molecular weight is 454 g/mol. The number of rotatable bonds is 6. The van der Waals surface area contributed by atoms with Crippen LogP contribution < -0.4 is 16.0 Å². The fourth-order valence-corrected chi connectivity index (χ4v) is 6.50. The fourth-order valence-electron chi connectivity index (χ4n) is 6.50. The second-order valence-electron chi connectivity index (χ2n) is 9.93. The lowest BCUT2D eigenvalue weighted by Crippen LogP contribution is -2.54. The van der Waals surface area contributed by atoms with Crippen LogP contribution in [0.1, 0.15) is 50.6 Å². The van der Waals surface area contributed by atoms with Crippen molar-refractivity contribution >= 4 is 11.8 Å². The molecule has 1 aromatic heterocycles. The summed E-state index contributed by atoms with van der Waals surface area (Å²) in [6, 6.07) is -0.539. The van der Waals surface area contributed by atoms with Crippen LogP contribution in [0.25, 0.3) is 0 Å². The Balaban J connectivity index is 1.29. The van der Waals surface area contributed by atoms with Gasteiger partial charge in [0.2, 0.25) is 17.7 Å². The zero-order chi connectivity index (χ0) is 22.7. The van der Waals surface area contributed by atoms with Gasteiger partial charge in [-0.2, -0.15) is 8.78 Å². The highest BCUT2D eigenvalue weighted by atomic mass is 19.3. The summed E-state index contributed by atoms with van der Waals surface area (Å²) in [5.74, 6) is -4.38. The quantitative estimate of drug-likeness (QED) is 0.613. The van der Waals surface area contributed by atoms with Crippen molar-refractivity contribution in [2.75, 3.05) is 13.1 Å². The van der Waals surface area contributed by atoms with Crippen molar-refractivity contribution in [3.05, 3.63) is 17.8 Å². The third-order valence-electron chi connectivity index (χ3n) is 8.10. The Morgan fingerprint density at radius 3 is 2.50 bits per heavy atom. The van der Waals surface area contributed by atoms with Gasteiger partial charge in [0.1, 0.15) is 18.1 Å². The van der Waals surface area contributed by atoms with Gasteiger partial charge in [0.15, 0.2) is 0 Å². The second-order valence-corrected chi connectivity index (χ2v) is 9.93. The van der Waals surface area contributed by atoms with E-state index in [9.17, 15) is 22.8 Å². The van der Waals surface area contributed by atoms with Crippen LogP contribution in [0.15, 0.2) is 10.7 Å². The molecule has 1 aromatic rings. The molecule has 2 heterocycles. The van der Waals surface area contributed by atoms with Crippen molar-refractivity contribution in [1.29, 1.82) is 0 Å². The minimum atomic E-state index is -3.12. The third-order valence-corrected chi connectivity index (χ3v) is 8.10. The standard InChI is InChI=1S/C22H29F3N4O3/c1-21(24,25)15-10-32-16(29-15)9-27-19(30)17-11-2-3-12(22(11)5-6-22)18(17)20(31)28-14-4-7-26-8-13(14)23/h10-14,17-18,26H,2-9H2,1H3,(H,27,30)(H,28,31)/t11-,12-,13+,14+,17+,18+/m0/s1. The van der Waals surface area contributed by atoms with Crippen LogP contribution in [0.3, 0.4) is 0 Å². The van der Waals surface area contributed by atoms with E-state index in [4.69, 9.17) is 4.42 Å². The molecule has 0 unspecified atom stereocenters. The summed E-state index contributed by atoms with van der Waals surface area (Å²) in [5.41, 5.74) is -0.438. The zero-order valence-electron chi connectivity index (χ0n) is 18.0. The van der Waals surface area contributed by atoms with E-state index in [0.717, 1.165) is 38.9 Å². The van der Waals surface area contributed by atoms with Gasteiger partial charge in [-0.05, 0) is 55.9 Å². The molecule has 10 heteroatoms. The minimum Gasteiger partial charge on any atom is -0.447 e. The number of carbonyl (C=O) groups excluding carboxylic acids is 2. The van der Waals surface area contributed by atoms with Crippen LogP contribution in [0.5, 0.6) is 0 Å². The third kappa shape index (κ3) is 3.60. The first-order valence-corrected chi connectivity index (χ1v) is 11.5. The monoisotopic (exact) mass is 454 g/mol. The number of carbonyl (C=O) groups is 2. The molecule has 0 aromatic carbocycles. The Morgan fingerprint density at radius 2 is 1.91 bits per heavy atom. The molecular formula is C22H29F3N4O3. The Morgan fingerprint density at radius 1 is 1.22 bits per heavy atom. The summed E-state index contributed by atoms with van der Waals surface area (Å²) in [6.07, 6.45) is 4.10. The first kappa shape index (κ1) is 21.7. The van der Waals surface area contributed by atoms with E-state index in [1.54, 1.807) is 0 Å². The van der Waals surface area contributed by atoms with Gasteiger partial charge in [0.25, 0.3) is 5.92 Å². The molecule has 1 spiro atoms. The molecule has 0 radical (unpaired) electrons. The number of hydrogen-bond acceptors (Lipinski definition) is 5. The van der Waals surface area contributed by atoms with Gasteiger partial charge in [-0.1, -0.05) is 0 Å². The molecule has 3 saturated carbocycles. The topological polar surface area (TPSA) is 96.3 Å². The van der Waals surface area contributed by atoms with Gasteiger partial charge >= 0.3 is 0 Å². The fraction of sp³-hybridized carbons (Fsp3) is 0.773. The number of oxazole rings is 1. The highest BCUT2D eigenvalue weighted by Gasteiger charge is 2.71. The van der Waals surface area contributed by atoms with Crippen molar-refractivity contribution in [3.8, 4) is 0 Å². The van der Waals surface area contributed by atoms with Crippen molar-refractivity contribution in [2.45, 2.75) is 63.7 Å². The molecule has 3 aliphatic carbocycles. The lowest BCUT2D eigenvalue weighted by molar-refractivity contribution is -0.138. The molecule has 32 heavy (non-hydrogen) atoms. The van der Waals surface area contributed by atoms with E-state index in [-0.39, 0.29) is 48.0 Å². The Kier molecular flexibility index (Phi) is 5.26. The van der Waals surface area contributed by atoms with Gasteiger partial charge < -0.3 is 20.4 Å². The predicted molar refractivity (Wildman–Crippen MR) is 107 cm³/mol. The van der Waals surface area contributed by atoms with E-state index < -0.39 is 35.7 Å². The van der Waals surface area contributed by atoms with Crippen LogP contribution in [0.4, 0.5) is 13.2 Å². The molecule has 1 aliphatic heterocycles. The van der Waals surface area contributed by atoms with E-state index >= 15 is 0 Å². The molecule has 1 saturated heterocycles. The lowest BCUT2D eigenvalue weighted by atomic mass is 9.78. The molecule has 3 N–H and O–H groups in total. The molecular weight excluding hydrogens is 425 g/mol. The van der Waals surface area contributed by atoms with E-state index in [0.29, 0.717) is 13.0 Å². The number of hydrogen-bond donors (Lipinski definition) is 3. The average Bonchev–Trinajstić information content (AvgIpc) is 3.14. The lowest BCUT2D eigenvalue weighted by Gasteiger charge is -2.33. The number of amides is 2. The number of piperidine rings is 1. The number of aromatic nitrogens is 1. The summed E-state index contributed by atoms with van der Waals surface area (Å²) in [6.45, 7) is 1.46. The van der Waals surface area contributed by atoms with Crippen molar-refractivity contribution < 1.29 is 27.2 Å². The Labute approximate surface area is 184 Å². The van der Waals surface area contributed by atoms with Crippen molar-refractivity contribution in [1.82, 2.24) is 20.9 Å². The highest BCUT2D eigenvalue weighted by Crippen LogP contribution is 2.74. The summed E-state index contributed by atoms with van der Waals surface area (Å²) >= 11 is 0. The first-order valence-electron chi connectivity index (χ1n) is 11.5. The molecule has 4 fully saturated rings. The Hall–Kier alpha value is -2.10. The van der Waals surface area contributed by atoms with Crippen LogP contribution in [0, 0.1) is 29.1 Å². The maximum absolute atomic E-state index is 14.3. The minimum absolute atomic E-state index is 0.00450. The SMILES string of the molecule is CC(F)(F)c1coc(CNC(=O)[C@H]2[C@H](C(=O)N[C@@H]3CCNC[C@H]3F)[C@@H]3CC[C@@H]2C32CC2)n1. The van der Waals surface area contributed by atoms with Crippen LogP contribution in [-0.2, 0) is 22.1 Å². The van der Waals surface area contributed by atoms with Crippen LogP contribution in [0.2, 0.25) is 0 Å². The van der Waals surface area contributed by atoms with E-state index in [1.165, 1.54) is 0 Å². The first-order chi connectivity index (χ1) is 15.2. The van der Waals surface area contributed by atoms with Crippen LogP contribution in [-0.4, -0.2) is 42.1 Å².